The molecule has 0 heterocycles. The summed E-state index contributed by atoms with van der Waals surface area (Å²) < 4.78 is 0. The molecule has 0 radical (unpaired) electrons. The average molecular weight is 417 g/mol. The van der Waals surface area contributed by atoms with Crippen LogP contribution in [0.2, 0.25) is 0 Å². The van der Waals surface area contributed by atoms with E-state index in [0.717, 1.165) is 28.4 Å². The van der Waals surface area contributed by atoms with E-state index in [-0.39, 0.29) is 0 Å². The molecule has 32 heavy (non-hydrogen) atoms. The molecule has 0 unspecified atom stereocenters. The lowest BCUT2D eigenvalue weighted by Gasteiger charge is -2.17. The first-order valence-electron chi connectivity index (χ1n) is 11.4. The molecule has 5 rings (SSSR count). The molecule has 0 bridgehead atoms. The highest BCUT2D eigenvalue weighted by Gasteiger charge is 2.28. The van der Waals surface area contributed by atoms with Crippen LogP contribution in [0.25, 0.3) is 10.8 Å². The third kappa shape index (κ3) is 3.46. The van der Waals surface area contributed by atoms with E-state index in [0.29, 0.717) is 11.8 Å². The van der Waals surface area contributed by atoms with Crippen LogP contribution in [0.5, 0.6) is 0 Å². The Kier molecular flexibility index (Phi) is 5.22. The van der Waals surface area contributed by atoms with Crippen LogP contribution in [0.3, 0.4) is 0 Å². The maximum Gasteiger partial charge on any atom is 0.0979 e. The van der Waals surface area contributed by atoms with Gasteiger partial charge in [-0.3, -0.25) is 0 Å². The van der Waals surface area contributed by atoms with E-state index < -0.39 is 0 Å². The van der Waals surface area contributed by atoms with Crippen LogP contribution in [0.4, 0.5) is 11.4 Å². The molecule has 0 fully saturated rings. The van der Waals surface area contributed by atoms with Gasteiger partial charge in [-0.25, -0.2) is 9.98 Å². The number of aliphatic imine (C=N–C) groups is 2. The minimum atomic E-state index is 0.391. The Hall–Kier alpha value is -3.52. The molecule has 0 saturated carbocycles. The molecular weight excluding hydrogens is 388 g/mol. The zero-order chi connectivity index (χ0) is 22.2. The summed E-state index contributed by atoms with van der Waals surface area (Å²) in [5.74, 6) is 0.782. The van der Waals surface area contributed by atoms with E-state index in [4.69, 9.17) is 9.98 Å². The van der Waals surface area contributed by atoms with Crippen molar-refractivity contribution in [3.8, 4) is 0 Å². The fourth-order valence-electron chi connectivity index (χ4n) is 4.60. The van der Waals surface area contributed by atoms with E-state index >= 15 is 0 Å². The summed E-state index contributed by atoms with van der Waals surface area (Å²) in [6.45, 7) is 8.97. The molecule has 2 heteroatoms. The molecule has 0 N–H and O–H groups in total. The number of hydrogen-bond donors (Lipinski definition) is 0. The molecule has 4 aromatic rings. The monoisotopic (exact) mass is 416 g/mol. The molecule has 4 aromatic carbocycles. The first-order chi connectivity index (χ1) is 15.5. The van der Waals surface area contributed by atoms with Gasteiger partial charge in [0.15, 0.2) is 0 Å². The van der Waals surface area contributed by atoms with Gasteiger partial charge in [-0.15, -0.1) is 0 Å². The summed E-state index contributed by atoms with van der Waals surface area (Å²) in [4.78, 5) is 10.5. The summed E-state index contributed by atoms with van der Waals surface area (Å²) in [5.41, 5.74) is 8.86. The maximum atomic E-state index is 5.40. The van der Waals surface area contributed by atoms with Gasteiger partial charge in [0.2, 0.25) is 0 Å². The minimum Gasteiger partial charge on any atom is -0.246 e. The van der Waals surface area contributed by atoms with Crippen LogP contribution in [0, 0.1) is 0 Å². The lowest BCUT2D eigenvalue weighted by atomic mass is 9.92. The van der Waals surface area contributed by atoms with Crippen molar-refractivity contribution in [3.63, 3.8) is 0 Å². The Morgan fingerprint density at radius 3 is 1.62 bits per heavy atom. The van der Waals surface area contributed by atoms with Gasteiger partial charge in [0.25, 0.3) is 0 Å². The Morgan fingerprint density at radius 1 is 0.531 bits per heavy atom. The quantitative estimate of drug-likeness (QED) is 0.319. The fourth-order valence-corrected chi connectivity index (χ4v) is 4.60. The molecule has 1 aliphatic rings. The normalized spacial score (nSPS) is 15.6. The second kappa shape index (κ2) is 8.20. The van der Waals surface area contributed by atoms with Gasteiger partial charge in [-0.05, 0) is 40.5 Å². The van der Waals surface area contributed by atoms with Gasteiger partial charge in [-0.2, -0.15) is 0 Å². The van der Waals surface area contributed by atoms with Crippen molar-refractivity contribution in [2.24, 2.45) is 9.98 Å². The van der Waals surface area contributed by atoms with Crippen molar-refractivity contribution >= 4 is 33.6 Å². The summed E-state index contributed by atoms with van der Waals surface area (Å²) in [6, 6.07) is 29.7. The summed E-state index contributed by atoms with van der Waals surface area (Å²) in [6.07, 6.45) is 0. The predicted octanol–water partition coefficient (Wildman–Crippen LogP) is 8.34. The smallest absolute Gasteiger partial charge is 0.0979 e. The Morgan fingerprint density at radius 2 is 1.06 bits per heavy atom. The predicted molar refractivity (Wildman–Crippen MR) is 137 cm³/mol. The topological polar surface area (TPSA) is 24.7 Å². The van der Waals surface area contributed by atoms with Crippen molar-refractivity contribution < 1.29 is 0 Å². The number of rotatable bonds is 4. The highest BCUT2D eigenvalue weighted by Crippen LogP contribution is 2.38. The SMILES string of the molecule is CC(C)c1cccc(C(C)C)c1/N=C1/C(=N/c2ccccc2)c2cccc3cccc1c23. The zero-order valence-corrected chi connectivity index (χ0v) is 19.1. The third-order valence-electron chi connectivity index (χ3n) is 6.20. The average Bonchev–Trinajstić information content (AvgIpc) is 3.09. The van der Waals surface area contributed by atoms with Crippen molar-refractivity contribution in [3.05, 3.63) is 107 Å². The van der Waals surface area contributed by atoms with E-state index in [9.17, 15) is 0 Å². The van der Waals surface area contributed by atoms with Gasteiger partial charge in [0.1, 0.15) is 0 Å². The lowest BCUT2D eigenvalue weighted by molar-refractivity contribution is 0.835. The van der Waals surface area contributed by atoms with Crippen LogP contribution in [0.1, 0.15) is 61.8 Å². The van der Waals surface area contributed by atoms with Crippen LogP contribution in [0.15, 0.2) is 94.9 Å². The fraction of sp³-hybridized carbons (Fsp3) is 0.200. The number of nitrogens with zero attached hydrogens (tertiary/aromatic N) is 2. The molecule has 0 aromatic heterocycles. The van der Waals surface area contributed by atoms with Crippen molar-refractivity contribution in [1.29, 1.82) is 0 Å². The molecule has 1 aliphatic carbocycles. The van der Waals surface area contributed by atoms with Gasteiger partial charge in [0.05, 0.1) is 22.8 Å². The van der Waals surface area contributed by atoms with Gasteiger partial charge in [0, 0.05) is 16.5 Å². The van der Waals surface area contributed by atoms with Crippen molar-refractivity contribution in [1.82, 2.24) is 0 Å². The molecule has 0 amide bonds. The highest BCUT2D eigenvalue weighted by atomic mass is 14.8. The Balaban J connectivity index is 1.83. The summed E-state index contributed by atoms with van der Waals surface area (Å²) in [5, 5.41) is 2.48. The molecule has 158 valence electrons. The van der Waals surface area contributed by atoms with Crippen LogP contribution >= 0.6 is 0 Å². The molecule has 0 atom stereocenters. The number of para-hydroxylation sites is 2. The van der Waals surface area contributed by atoms with E-state index in [2.05, 4.69) is 94.4 Å². The second-order valence-corrected chi connectivity index (χ2v) is 9.06. The van der Waals surface area contributed by atoms with E-state index in [1.807, 2.05) is 18.2 Å². The second-order valence-electron chi connectivity index (χ2n) is 9.06. The molecule has 0 aliphatic heterocycles. The molecular formula is C30H28N2. The van der Waals surface area contributed by atoms with Crippen LogP contribution in [-0.4, -0.2) is 11.4 Å². The standard InChI is InChI=1S/C30H28N2/c1-19(2)23-15-10-16-24(20(3)4)28(23)32-30-26-18-9-12-21-11-8-17-25(27(21)26)29(30)31-22-13-6-5-7-14-22/h5-20H,1-4H3/b31-29+,32-30+. The summed E-state index contributed by atoms with van der Waals surface area (Å²) in [7, 11) is 0. The third-order valence-corrected chi connectivity index (χ3v) is 6.20. The largest absolute Gasteiger partial charge is 0.246 e. The molecule has 2 nitrogen and oxygen atoms in total. The molecule has 0 saturated heterocycles. The van der Waals surface area contributed by atoms with E-state index in [1.165, 1.54) is 27.5 Å². The van der Waals surface area contributed by atoms with Gasteiger partial charge >= 0.3 is 0 Å². The first kappa shape index (κ1) is 20.4. The lowest BCUT2D eigenvalue weighted by Crippen LogP contribution is -2.11. The van der Waals surface area contributed by atoms with Crippen LogP contribution < -0.4 is 0 Å². The van der Waals surface area contributed by atoms with Gasteiger partial charge < -0.3 is 0 Å². The Labute approximate surface area is 190 Å². The van der Waals surface area contributed by atoms with E-state index in [1.54, 1.807) is 0 Å². The highest BCUT2D eigenvalue weighted by molar-refractivity contribution is 6.61. The zero-order valence-electron chi connectivity index (χ0n) is 19.1. The number of benzene rings is 4. The minimum absolute atomic E-state index is 0.391. The van der Waals surface area contributed by atoms with Gasteiger partial charge in [-0.1, -0.05) is 100 Å². The van der Waals surface area contributed by atoms with Crippen molar-refractivity contribution in [2.75, 3.05) is 0 Å². The number of hydrogen-bond acceptors (Lipinski definition) is 2. The summed E-state index contributed by atoms with van der Waals surface area (Å²) >= 11 is 0. The first-order valence-corrected chi connectivity index (χ1v) is 11.4. The maximum absolute atomic E-state index is 5.40. The molecule has 0 spiro atoms. The van der Waals surface area contributed by atoms with Crippen molar-refractivity contribution in [2.45, 2.75) is 39.5 Å². The van der Waals surface area contributed by atoms with Crippen LogP contribution in [-0.2, 0) is 0 Å². The Bertz CT molecular complexity index is 1330.